The number of anilines is 1. The van der Waals surface area contributed by atoms with Crippen molar-refractivity contribution in [2.24, 2.45) is 0 Å². The molecule has 0 bridgehead atoms. The van der Waals surface area contributed by atoms with Gasteiger partial charge in [0.25, 0.3) is 0 Å². The summed E-state index contributed by atoms with van der Waals surface area (Å²) >= 11 is 11.5. The lowest BCUT2D eigenvalue weighted by molar-refractivity contribution is 0.287. The van der Waals surface area contributed by atoms with E-state index in [0.29, 0.717) is 16.7 Å². The Balaban J connectivity index is 1.82. The number of hydrogen-bond donors (Lipinski definition) is 2. The van der Waals surface area contributed by atoms with Gasteiger partial charge in [-0.2, -0.15) is 0 Å². The summed E-state index contributed by atoms with van der Waals surface area (Å²) in [6.45, 7) is 8.69. The second kappa shape index (κ2) is 8.36. The lowest BCUT2D eigenvalue weighted by Gasteiger charge is -2.18. The molecule has 0 aliphatic heterocycles. The summed E-state index contributed by atoms with van der Waals surface area (Å²) in [6.07, 6.45) is 0. The fraction of sp³-hybridized carbons (Fsp3) is 0.316. The molecule has 2 aromatic rings. The Morgan fingerprint density at radius 2 is 1.79 bits per heavy atom. The highest BCUT2D eigenvalue weighted by Crippen LogP contribution is 2.20. The molecule has 0 spiro atoms. The first-order valence-corrected chi connectivity index (χ1v) is 8.67. The van der Waals surface area contributed by atoms with E-state index in [1.165, 1.54) is 11.1 Å². The number of halogens is 1. The monoisotopic (exact) mass is 362 g/mol. The Labute approximate surface area is 154 Å². The molecule has 0 aliphatic rings. The Morgan fingerprint density at radius 1 is 1.08 bits per heavy atom. The fourth-order valence-electron chi connectivity index (χ4n) is 2.13. The Morgan fingerprint density at radius 3 is 2.46 bits per heavy atom. The van der Waals surface area contributed by atoms with E-state index in [2.05, 4.69) is 30.5 Å². The zero-order valence-corrected chi connectivity index (χ0v) is 16.0. The number of ether oxygens (including phenoxy) is 1. The summed E-state index contributed by atoms with van der Waals surface area (Å²) in [7, 11) is 0. The number of nitrogens with one attached hydrogen (secondary N) is 2. The van der Waals surface area contributed by atoms with Crippen LogP contribution in [0.5, 0.6) is 5.75 Å². The second-order valence-corrected chi connectivity index (χ2v) is 6.84. The minimum Gasteiger partial charge on any atom is -0.491 e. The van der Waals surface area contributed by atoms with Gasteiger partial charge in [-0.15, -0.1) is 0 Å². The van der Waals surface area contributed by atoms with E-state index in [4.69, 9.17) is 28.6 Å². The minimum atomic E-state index is 0.0764. The van der Waals surface area contributed by atoms with E-state index in [9.17, 15) is 0 Å². The molecule has 0 heterocycles. The van der Waals surface area contributed by atoms with Crippen LogP contribution in [0.25, 0.3) is 0 Å². The van der Waals surface area contributed by atoms with Crippen LogP contribution in [0.4, 0.5) is 5.69 Å². The first-order chi connectivity index (χ1) is 11.3. The maximum atomic E-state index is 6.12. The summed E-state index contributed by atoms with van der Waals surface area (Å²) in [4.78, 5) is 0. The van der Waals surface area contributed by atoms with Gasteiger partial charge in [0, 0.05) is 10.7 Å². The molecule has 1 atom stereocenters. The lowest BCUT2D eigenvalue weighted by Crippen LogP contribution is -2.39. The predicted octanol–water partition coefficient (Wildman–Crippen LogP) is 5.02. The SMILES string of the molecule is Cc1ccc(OC[C@@H](C)NC(=S)Nc2ccc(C)c(Cl)c2)cc1C. The summed E-state index contributed by atoms with van der Waals surface area (Å²) in [6, 6.07) is 11.9. The molecule has 2 N–H and O–H groups in total. The quantitative estimate of drug-likeness (QED) is 0.732. The van der Waals surface area contributed by atoms with Crippen molar-refractivity contribution in [1.82, 2.24) is 5.32 Å². The molecule has 128 valence electrons. The van der Waals surface area contributed by atoms with Crippen LogP contribution in [0.2, 0.25) is 5.02 Å². The molecule has 0 amide bonds. The highest BCUT2D eigenvalue weighted by Gasteiger charge is 2.07. The van der Waals surface area contributed by atoms with Crippen LogP contribution in [0.3, 0.4) is 0 Å². The Kier molecular flexibility index (Phi) is 6.46. The molecule has 0 radical (unpaired) electrons. The van der Waals surface area contributed by atoms with Gasteiger partial charge in [-0.3, -0.25) is 0 Å². The summed E-state index contributed by atoms with van der Waals surface area (Å²) in [5.74, 6) is 0.871. The van der Waals surface area contributed by atoms with Gasteiger partial charge in [0.05, 0.1) is 6.04 Å². The van der Waals surface area contributed by atoms with E-state index in [0.717, 1.165) is 17.0 Å². The van der Waals surface area contributed by atoms with Gasteiger partial charge in [-0.05, 0) is 80.9 Å². The minimum absolute atomic E-state index is 0.0764. The molecular formula is C19H23ClN2OS. The van der Waals surface area contributed by atoms with Crippen LogP contribution < -0.4 is 15.4 Å². The van der Waals surface area contributed by atoms with Gasteiger partial charge in [-0.25, -0.2) is 0 Å². The topological polar surface area (TPSA) is 33.3 Å². The van der Waals surface area contributed by atoms with Crippen molar-refractivity contribution in [2.45, 2.75) is 33.7 Å². The highest BCUT2D eigenvalue weighted by molar-refractivity contribution is 7.80. The van der Waals surface area contributed by atoms with Crippen molar-refractivity contribution >= 4 is 34.6 Å². The van der Waals surface area contributed by atoms with Crippen LogP contribution in [-0.4, -0.2) is 17.8 Å². The fourth-order valence-corrected chi connectivity index (χ4v) is 2.63. The van der Waals surface area contributed by atoms with Gasteiger partial charge in [0.2, 0.25) is 0 Å². The average Bonchev–Trinajstić information content (AvgIpc) is 2.52. The molecule has 0 saturated carbocycles. The summed E-state index contributed by atoms with van der Waals surface area (Å²) in [5.41, 5.74) is 4.39. The number of thiocarbonyl (C=S) groups is 1. The molecule has 5 heteroatoms. The third kappa shape index (κ3) is 5.39. The van der Waals surface area contributed by atoms with Crippen molar-refractivity contribution in [3.05, 3.63) is 58.1 Å². The van der Waals surface area contributed by atoms with Crippen LogP contribution >= 0.6 is 23.8 Å². The maximum absolute atomic E-state index is 6.12. The molecule has 0 fully saturated rings. The molecule has 0 aliphatic carbocycles. The maximum Gasteiger partial charge on any atom is 0.171 e. The molecular weight excluding hydrogens is 340 g/mol. The van der Waals surface area contributed by atoms with Gasteiger partial charge in [0.15, 0.2) is 5.11 Å². The Bertz CT molecular complexity index is 733. The predicted molar refractivity (Wildman–Crippen MR) is 106 cm³/mol. The third-order valence-corrected chi connectivity index (χ3v) is 4.41. The van der Waals surface area contributed by atoms with Crippen LogP contribution in [0, 0.1) is 20.8 Å². The van der Waals surface area contributed by atoms with Crippen LogP contribution in [-0.2, 0) is 0 Å². The van der Waals surface area contributed by atoms with Gasteiger partial charge in [-0.1, -0.05) is 23.7 Å². The number of aryl methyl sites for hydroxylation is 3. The first kappa shape index (κ1) is 18.6. The number of benzene rings is 2. The van der Waals surface area contributed by atoms with Crippen molar-refractivity contribution in [1.29, 1.82) is 0 Å². The average molecular weight is 363 g/mol. The van der Waals surface area contributed by atoms with Gasteiger partial charge >= 0.3 is 0 Å². The second-order valence-electron chi connectivity index (χ2n) is 6.02. The molecule has 0 saturated heterocycles. The normalized spacial score (nSPS) is 11.7. The van der Waals surface area contributed by atoms with Gasteiger partial charge in [0.1, 0.15) is 12.4 Å². The molecule has 0 unspecified atom stereocenters. The van der Waals surface area contributed by atoms with E-state index >= 15 is 0 Å². The lowest BCUT2D eigenvalue weighted by atomic mass is 10.1. The third-order valence-electron chi connectivity index (χ3n) is 3.79. The van der Waals surface area contributed by atoms with Crippen molar-refractivity contribution in [3.8, 4) is 5.75 Å². The molecule has 3 nitrogen and oxygen atoms in total. The van der Waals surface area contributed by atoms with E-state index < -0.39 is 0 Å². The van der Waals surface area contributed by atoms with E-state index in [1.54, 1.807) is 0 Å². The summed E-state index contributed by atoms with van der Waals surface area (Å²) < 4.78 is 5.82. The number of hydrogen-bond acceptors (Lipinski definition) is 2. The zero-order chi connectivity index (χ0) is 17.7. The van der Waals surface area contributed by atoms with Crippen molar-refractivity contribution < 1.29 is 4.74 Å². The number of rotatable bonds is 5. The van der Waals surface area contributed by atoms with E-state index in [-0.39, 0.29) is 6.04 Å². The van der Waals surface area contributed by atoms with Crippen LogP contribution in [0.1, 0.15) is 23.6 Å². The van der Waals surface area contributed by atoms with E-state index in [1.807, 2.05) is 44.2 Å². The van der Waals surface area contributed by atoms with Gasteiger partial charge < -0.3 is 15.4 Å². The summed E-state index contributed by atoms with van der Waals surface area (Å²) in [5, 5.41) is 7.61. The zero-order valence-electron chi connectivity index (χ0n) is 14.4. The van der Waals surface area contributed by atoms with Crippen molar-refractivity contribution in [3.63, 3.8) is 0 Å². The van der Waals surface area contributed by atoms with Crippen molar-refractivity contribution in [2.75, 3.05) is 11.9 Å². The highest BCUT2D eigenvalue weighted by atomic mass is 35.5. The molecule has 0 aromatic heterocycles. The first-order valence-electron chi connectivity index (χ1n) is 7.89. The molecule has 2 rings (SSSR count). The smallest absolute Gasteiger partial charge is 0.171 e. The molecule has 2 aromatic carbocycles. The molecule has 24 heavy (non-hydrogen) atoms. The van der Waals surface area contributed by atoms with Crippen LogP contribution in [0.15, 0.2) is 36.4 Å². The Hall–Kier alpha value is -1.78. The largest absolute Gasteiger partial charge is 0.491 e. The standard InChI is InChI=1S/C19H23ClN2OS/c1-12-6-8-17(9-14(12)3)23-11-15(4)21-19(24)22-16-7-5-13(2)18(20)10-16/h5-10,15H,11H2,1-4H3,(H2,21,22,24)/t15-/m1/s1.